The van der Waals surface area contributed by atoms with Crippen molar-refractivity contribution in [2.75, 3.05) is 6.54 Å². The monoisotopic (exact) mass is 235 g/mol. The van der Waals surface area contributed by atoms with Crippen molar-refractivity contribution in [3.05, 3.63) is 40.1 Å². The molecule has 0 aliphatic heterocycles. The van der Waals surface area contributed by atoms with Crippen molar-refractivity contribution in [1.82, 2.24) is 15.3 Å². The summed E-state index contributed by atoms with van der Waals surface area (Å²) in [6.45, 7) is 2.48. The molecule has 0 aliphatic rings. The van der Waals surface area contributed by atoms with Crippen LogP contribution in [0.15, 0.2) is 23.8 Å². The predicted octanol–water partition coefficient (Wildman–Crippen LogP) is 1.75. The number of carbonyl (C=O) groups excluding carboxylic acids is 1. The second-order valence-electron chi connectivity index (χ2n) is 3.46. The topological polar surface area (TPSA) is 57.8 Å². The first-order valence-electron chi connectivity index (χ1n) is 5.08. The van der Waals surface area contributed by atoms with E-state index in [0.29, 0.717) is 12.2 Å². The van der Waals surface area contributed by atoms with Crippen LogP contribution in [-0.2, 0) is 6.42 Å². The number of carbonyl (C=O) groups is 1. The third-order valence-electron chi connectivity index (χ3n) is 2.28. The van der Waals surface area contributed by atoms with Gasteiger partial charge in [0.05, 0.1) is 6.33 Å². The van der Waals surface area contributed by atoms with Gasteiger partial charge in [0.25, 0.3) is 5.91 Å². The zero-order valence-electron chi connectivity index (χ0n) is 8.99. The van der Waals surface area contributed by atoms with Crippen LogP contribution in [0, 0.1) is 6.92 Å². The van der Waals surface area contributed by atoms with Crippen molar-refractivity contribution in [2.45, 2.75) is 13.3 Å². The van der Waals surface area contributed by atoms with Gasteiger partial charge in [0.1, 0.15) is 5.69 Å². The van der Waals surface area contributed by atoms with E-state index in [0.717, 1.165) is 12.1 Å². The highest BCUT2D eigenvalue weighted by Crippen LogP contribution is 2.08. The van der Waals surface area contributed by atoms with Crippen LogP contribution in [0.4, 0.5) is 0 Å². The fraction of sp³-hybridized carbons (Fsp3) is 0.273. The minimum absolute atomic E-state index is 0.115. The number of aromatic amines is 1. The van der Waals surface area contributed by atoms with Crippen molar-refractivity contribution >= 4 is 17.2 Å². The zero-order chi connectivity index (χ0) is 11.4. The number of thiophene rings is 1. The summed E-state index contributed by atoms with van der Waals surface area (Å²) in [5.74, 6) is -0.115. The van der Waals surface area contributed by atoms with Crippen LogP contribution < -0.4 is 5.32 Å². The molecule has 0 radical (unpaired) electrons. The smallest absolute Gasteiger partial charge is 0.271 e. The quantitative estimate of drug-likeness (QED) is 0.848. The van der Waals surface area contributed by atoms with Crippen LogP contribution in [0.5, 0.6) is 0 Å². The van der Waals surface area contributed by atoms with Gasteiger partial charge in [0, 0.05) is 17.1 Å². The van der Waals surface area contributed by atoms with Crippen molar-refractivity contribution in [1.29, 1.82) is 0 Å². The Hall–Kier alpha value is -1.62. The van der Waals surface area contributed by atoms with E-state index < -0.39 is 0 Å². The molecular weight excluding hydrogens is 222 g/mol. The molecule has 5 heteroatoms. The largest absolute Gasteiger partial charge is 0.350 e. The lowest BCUT2D eigenvalue weighted by Gasteiger charge is -2.02. The first-order valence-corrected chi connectivity index (χ1v) is 5.96. The molecule has 2 aromatic heterocycles. The van der Waals surface area contributed by atoms with Crippen LogP contribution in [-0.4, -0.2) is 22.4 Å². The van der Waals surface area contributed by atoms with Gasteiger partial charge in [-0.1, -0.05) is 6.07 Å². The molecule has 2 rings (SSSR count). The first-order chi connectivity index (χ1) is 7.77. The van der Waals surface area contributed by atoms with Gasteiger partial charge in [-0.25, -0.2) is 4.98 Å². The molecule has 0 aliphatic carbocycles. The molecule has 0 bridgehead atoms. The molecule has 0 saturated heterocycles. The number of aryl methyl sites for hydroxylation is 1. The molecule has 2 heterocycles. The van der Waals surface area contributed by atoms with E-state index in [1.165, 1.54) is 11.2 Å². The summed E-state index contributed by atoms with van der Waals surface area (Å²) in [5.41, 5.74) is 1.28. The summed E-state index contributed by atoms with van der Waals surface area (Å²) in [4.78, 5) is 19.8. The SMILES string of the molecule is Cc1[nH]cnc1C(=O)NCCc1cccs1. The van der Waals surface area contributed by atoms with Gasteiger partial charge in [-0.05, 0) is 24.8 Å². The Labute approximate surface area is 97.7 Å². The highest BCUT2D eigenvalue weighted by Gasteiger charge is 2.10. The predicted molar refractivity (Wildman–Crippen MR) is 63.7 cm³/mol. The Morgan fingerprint density at radius 2 is 2.50 bits per heavy atom. The third kappa shape index (κ3) is 2.49. The average molecular weight is 235 g/mol. The van der Waals surface area contributed by atoms with E-state index >= 15 is 0 Å². The highest BCUT2D eigenvalue weighted by molar-refractivity contribution is 7.09. The van der Waals surface area contributed by atoms with Crippen LogP contribution in [0.2, 0.25) is 0 Å². The first kappa shape index (κ1) is 10.9. The van der Waals surface area contributed by atoms with E-state index in [1.807, 2.05) is 18.4 Å². The second kappa shape index (κ2) is 4.94. The summed E-state index contributed by atoms with van der Waals surface area (Å²) in [6, 6.07) is 4.08. The maximum atomic E-state index is 11.7. The summed E-state index contributed by atoms with van der Waals surface area (Å²) < 4.78 is 0. The van der Waals surface area contributed by atoms with Crippen LogP contribution >= 0.6 is 11.3 Å². The number of H-pyrrole nitrogens is 1. The number of nitrogens with one attached hydrogen (secondary N) is 2. The number of hydrogen-bond donors (Lipinski definition) is 2. The van der Waals surface area contributed by atoms with E-state index in [4.69, 9.17) is 0 Å². The normalized spacial score (nSPS) is 10.3. The molecule has 2 aromatic rings. The standard InChI is InChI=1S/C11H13N3OS/c1-8-10(14-7-13-8)11(15)12-5-4-9-3-2-6-16-9/h2-3,6-7H,4-5H2,1H3,(H,12,15)(H,13,14). The zero-order valence-corrected chi connectivity index (χ0v) is 9.80. The second-order valence-corrected chi connectivity index (χ2v) is 4.49. The van der Waals surface area contributed by atoms with Crippen molar-refractivity contribution in [2.24, 2.45) is 0 Å². The Balaban J connectivity index is 1.83. The average Bonchev–Trinajstić information content (AvgIpc) is 2.88. The fourth-order valence-electron chi connectivity index (χ4n) is 1.43. The highest BCUT2D eigenvalue weighted by atomic mass is 32.1. The number of nitrogens with zero attached hydrogens (tertiary/aromatic N) is 1. The van der Waals surface area contributed by atoms with Crippen molar-refractivity contribution < 1.29 is 4.79 Å². The Bertz CT molecular complexity index is 461. The number of imidazole rings is 1. The van der Waals surface area contributed by atoms with Crippen molar-refractivity contribution in [3.63, 3.8) is 0 Å². The summed E-state index contributed by atoms with van der Waals surface area (Å²) in [7, 11) is 0. The molecule has 0 atom stereocenters. The van der Waals surface area contributed by atoms with Gasteiger partial charge >= 0.3 is 0 Å². The molecule has 0 spiro atoms. The number of amides is 1. The van der Waals surface area contributed by atoms with Gasteiger partial charge in [-0.15, -0.1) is 11.3 Å². The Kier molecular flexibility index (Phi) is 3.36. The maximum absolute atomic E-state index is 11.7. The number of rotatable bonds is 4. The summed E-state index contributed by atoms with van der Waals surface area (Å²) in [6.07, 6.45) is 2.40. The molecule has 4 nitrogen and oxygen atoms in total. The van der Waals surface area contributed by atoms with Gasteiger partial charge < -0.3 is 10.3 Å². The molecule has 0 aromatic carbocycles. The molecular formula is C11H13N3OS. The molecule has 1 amide bonds. The molecule has 0 saturated carbocycles. The molecule has 16 heavy (non-hydrogen) atoms. The van der Waals surface area contributed by atoms with E-state index in [1.54, 1.807) is 11.3 Å². The van der Waals surface area contributed by atoms with E-state index in [-0.39, 0.29) is 5.91 Å². The maximum Gasteiger partial charge on any atom is 0.271 e. The van der Waals surface area contributed by atoms with Gasteiger partial charge in [-0.2, -0.15) is 0 Å². The molecule has 84 valence electrons. The lowest BCUT2D eigenvalue weighted by atomic mass is 10.3. The minimum atomic E-state index is -0.115. The Morgan fingerprint density at radius 3 is 3.12 bits per heavy atom. The van der Waals surface area contributed by atoms with E-state index in [2.05, 4.69) is 21.4 Å². The van der Waals surface area contributed by atoms with Crippen LogP contribution in [0.25, 0.3) is 0 Å². The third-order valence-corrected chi connectivity index (χ3v) is 3.22. The molecule has 0 unspecified atom stereocenters. The fourth-order valence-corrected chi connectivity index (χ4v) is 2.13. The van der Waals surface area contributed by atoms with Crippen molar-refractivity contribution in [3.8, 4) is 0 Å². The number of aromatic nitrogens is 2. The van der Waals surface area contributed by atoms with Gasteiger partial charge in [0.2, 0.25) is 0 Å². The lowest BCUT2D eigenvalue weighted by Crippen LogP contribution is -2.26. The Morgan fingerprint density at radius 1 is 1.62 bits per heavy atom. The van der Waals surface area contributed by atoms with Gasteiger partial charge in [0.15, 0.2) is 0 Å². The number of hydrogen-bond acceptors (Lipinski definition) is 3. The summed E-state index contributed by atoms with van der Waals surface area (Å²) >= 11 is 1.70. The van der Waals surface area contributed by atoms with Crippen LogP contribution in [0.1, 0.15) is 21.1 Å². The summed E-state index contributed by atoms with van der Waals surface area (Å²) in [5, 5.41) is 4.89. The molecule has 0 fully saturated rings. The lowest BCUT2D eigenvalue weighted by molar-refractivity contribution is 0.0949. The van der Waals surface area contributed by atoms with Gasteiger partial charge in [-0.3, -0.25) is 4.79 Å². The van der Waals surface area contributed by atoms with Crippen LogP contribution in [0.3, 0.4) is 0 Å². The minimum Gasteiger partial charge on any atom is -0.350 e. The molecule has 2 N–H and O–H groups in total. The van der Waals surface area contributed by atoms with E-state index in [9.17, 15) is 4.79 Å².